The van der Waals surface area contributed by atoms with Gasteiger partial charge in [0, 0.05) is 42.0 Å². The van der Waals surface area contributed by atoms with Gasteiger partial charge in [0.15, 0.2) is 0 Å². The topological polar surface area (TPSA) is 0 Å². The van der Waals surface area contributed by atoms with Gasteiger partial charge >= 0.3 is 0 Å². The lowest BCUT2D eigenvalue weighted by Crippen LogP contribution is -2.38. The van der Waals surface area contributed by atoms with Gasteiger partial charge in [-0.15, -0.1) is 0 Å². The molecule has 0 radical (unpaired) electrons. The Morgan fingerprint density at radius 3 is 1.14 bits per heavy atom. The first-order valence-corrected chi connectivity index (χ1v) is 10.2. The third-order valence-electron chi connectivity index (χ3n) is 5.69. The largest absolute Gasteiger partial charge is 0.223 e. The molecular weight excluding hydrogens is 350 g/mol. The highest BCUT2D eigenvalue weighted by molar-refractivity contribution is 5.71. The average Bonchev–Trinajstić information content (AvgIpc) is 2.75. The Morgan fingerprint density at radius 1 is 0.448 bits per heavy atom. The molecule has 4 rings (SSSR count). The van der Waals surface area contributed by atoms with Crippen molar-refractivity contribution in [2.45, 2.75) is 27.3 Å². The normalized spacial score (nSPS) is 11.4. The molecular formula is C28H28N+. The van der Waals surface area contributed by atoms with Gasteiger partial charge in [0.05, 0.1) is 0 Å². The Balaban J connectivity index is 2.01. The third-order valence-corrected chi connectivity index (χ3v) is 5.69. The van der Waals surface area contributed by atoms with Gasteiger partial charge in [-0.3, -0.25) is 0 Å². The molecule has 0 aromatic heterocycles. The van der Waals surface area contributed by atoms with E-state index in [4.69, 9.17) is 0 Å². The minimum atomic E-state index is 0.658. The second kappa shape index (κ2) is 8.06. The minimum Gasteiger partial charge on any atom is -0.223 e. The summed E-state index contributed by atoms with van der Waals surface area (Å²) in [6.07, 6.45) is 0. The van der Waals surface area contributed by atoms with Crippen LogP contribution in [-0.2, 0) is 6.54 Å². The van der Waals surface area contributed by atoms with Crippen molar-refractivity contribution < 1.29 is 0 Å². The lowest BCUT2D eigenvalue weighted by Gasteiger charge is -2.38. The van der Waals surface area contributed by atoms with Crippen LogP contribution in [0.4, 0.5) is 17.1 Å². The standard InChI is InChI=1S/C28H28N/c1-22-9-15-26(16-10-22)29(21-25-7-5-4-6-8-25,27-17-11-23(2)12-18-27)28-19-13-24(3)14-20-28/h4-20H,21H2,1-3H3/q+1. The number of nitrogens with zero attached hydrogens (tertiary/aromatic N) is 1. The summed E-state index contributed by atoms with van der Waals surface area (Å²) in [7, 11) is 0. The first kappa shape index (κ1) is 19.2. The Labute approximate surface area is 174 Å². The summed E-state index contributed by atoms with van der Waals surface area (Å²) in [5.41, 5.74) is 8.96. The average molecular weight is 379 g/mol. The number of hydrogen-bond donors (Lipinski definition) is 0. The Kier molecular flexibility index (Phi) is 5.33. The molecule has 0 unspecified atom stereocenters. The lowest BCUT2D eigenvalue weighted by atomic mass is 10.0. The Morgan fingerprint density at radius 2 is 0.793 bits per heavy atom. The van der Waals surface area contributed by atoms with Crippen LogP contribution in [0.3, 0.4) is 0 Å². The van der Waals surface area contributed by atoms with E-state index < -0.39 is 0 Å². The minimum absolute atomic E-state index is 0.658. The fourth-order valence-electron chi connectivity index (χ4n) is 3.98. The van der Waals surface area contributed by atoms with Crippen molar-refractivity contribution in [3.63, 3.8) is 0 Å². The van der Waals surface area contributed by atoms with Crippen molar-refractivity contribution >= 4 is 17.1 Å². The number of hydrogen-bond acceptors (Lipinski definition) is 0. The molecule has 0 aliphatic rings. The summed E-state index contributed by atoms with van der Waals surface area (Å²) in [6, 6.07) is 37.8. The molecule has 0 saturated carbocycles. The van der Waals surface area contributed by atoms with Crippen LogP contribution in [0.15, 0.2) is 103 Å². The van der Waals surface area contributed by atoms with Gasteiger partial charge in [-0.25, -0.2) is 4.48 Å². The summed E-state index contributed by atoms with van der Waals surface area (Å²) >= 11 is 0. The van der Waals surface area contributed by atoms with E-state index in [0.717, 1.165) is 6.54 Å². The molecule has 4 aromatic rings. The summed E-state index contributed by atoms with van der Waals surface area (Å²) in [6.45, 7) is 7.30. The van der Waals surface area contributed by atoms with Crippen molar-refractivity contribution in [3.05, 3.63) is 125 Å². The van der Waals surface area contributed by atoms with Gasteiger partial charge < -0.3 is 0 Å². The van der Waals surface area contributed by atoms with Crippen LogP contribution in [0.5, 0.6) is 0 Å². The van der Waals surface area contributed by atoms with Gasteiger partial charge in [-0.1, -0.05) is 83.4 Å². The predicted molar refractivity (Wildman–Crippen MR) is 125 cm³/mol. The highest BCUT2D eigenvalue weighted by Crippen LogP contribution is 2.45. The zero-order valence-corrected chi connectivity index (χ0v) is 17.5. The van der Waals surface area contributed by atoms with E-state index in [-0.39, 0.29) is 0 Å². The predicted octanol–water partition coefficient (Wildman–Crippen LogP) is 7.78. The second-order valence-corrected chi connectivity index (χ2v) is 7.96. The molecule has 0 bridgehead atoms. The van der Waals surface area contributed by atoms with E-state index in [2.05, 4.69) is 124 Å². The first-order chi connectivity index (χ1) is 14.1. The maximum atomic E-state index is 2.28. The van der Waals surface area contributed by atoms with E-state index in [1.807, 2.05) is 0 Å². The summed E-state index contributed by atoms with van der Waals surface area (Å²) in [4.78, 5) is 0. The van der Waals surface area contributed by atoms with Crippen molar-refractivity contribution in [1.29, 1.82) is 0 Å². The molecule has 0 heterocycles. The number of benzene rings is 4. The van der Waals surface area contributed by atoms with Crippen molar-refractivity contribution in [3.8, 4) is 0 Å². The molecule has 0 amide bonds. The highest BCUT2D eigenvalue weighted by Gasteiger charge is 2.36. The van der Waals surface area contributed by atoms with E-state index in [0.29, 0.717) is 4.48 Å². The van der Waals surface area contributed by atoms with Crippen LogP contribution >= 0.6 is 0 Å². The van der Waals surface area contributed by atoms with Gasteiger partial charge in [-0.2, -0.15) is 0 Å². The highest BCUT2D eigenvalue weighted by atomic mass is 15.4. The van der Waals surface area contributed by atoms with E-state index in [1.165, 1.54) is 39.3 Å². The second-order valence-electron chi connectivity index (χ2n) is 7.96. The fraction of sp³-hybridized carbons (Fsp3) is 0.143. The molecule has 0 spiro atoms. The molecule has 0 fully saturated rings. The van der Waals surface area contributed by atoms with Gasteiger partial charge in [0.1, 0.15) is 23.6 Å². The molecule has 0 atom stereocenters. The van der Waals surface area contributed by atoms with E-state index >= 15 is 0 Å². The zero-order valence-electron chi connectivity index (χ0n) is 17.5. The summed E-state index contributed by atoms with van der Waals surface area (Å²) < 4.78 is 0.658. The molecule has 1 heteroatoms. The molecule has 144 valence electrons. The number of rotatable bonds is 5. The smallest absolute Gasteiger partial charge is 0.143 e. The first-order valence-electron chi connectivity index (χ1n) is 10.2. The molecule has 29 heavy (non-hydrogen) atoms. The van der Waals surface area contributed by atoms with Gasteiger partial charge in [-0.05, 0) is 20.8 Å². The summed E-state index contributed by atoms with van der Waals surface area (Å²) in [5.74, 6) is 0. The van der Waals surface area contributed by atoms with Gasteiger partial charge in [0.2, 0.25) is 0 Å². The SMILES string of the molecule is Cc1ccc([N+](Cc2ccccc2)(c2ccc(C)cc2)c2ccc(C)cc2)cc1. The van der Waals surface area contributed by atoms with Crippen LogP contribution in [0.1, 0.15) is 22.3 Å². The van der Waals surface area contributed by atoms with Crippen molar-refractivity contribution in [1.82, 2.24) is 4.48 Å². The molecule has 4 aromatic carbocycles. The van der Waals surface area contributed by atoms with Crippen LogP contribution in [0.2, 0.25) is 0 Å². The fourth-order valence-corrected chi connectivity index (χ4v) is 3.98. The maximum absolute atomic E-state index is 2.28. The summed E-state index contributed by atoms with van der Waals surface area (Å²) in [5, 5.41) is 0. The molecule has 0 saturated heterocycles. The Bertz CT molecular complexity index is 949. The van der Waals surface area contributed by atoms with E-state index in [1.54, 1.807) is 0 Å². The van der Waals surface area contributed by atoms with Crippen molar-refractivity contribution in [2.75, 3.05) is 0 Å². The zero-order chi connectivity index (χ0) is 20.3. The van der Waals surface area contributed by atoms with Crippen LogP contribution in [0, 0.1) is 20.8 Å². The van der Waals surface area contributed by atoms with E-state index in [9.17, 15) is 0 Å². The lowest BCUT2D eigenvalue weighted by molar-refractivity contribution is 0.511. The van der Waals surface area contributed by atoms with Crippen LogP contribution in [0.25, 0.3) is 0 Å². The molecule has 0 aliphatic carbocycles. The molecule has 0 aliphatic heterocycles. The number of aryl methyl sites for hydroxylation is 3. The van der Waals surface area contributed by atoms with Crippen molar-refractivity contribution in [2.24, 2.45) is 0 Å². The maximum Gasteiger partial charge on any atom is 0.143 e. The van der Waals surface area contributed by atoms with Crippen LogP contribution in [-0.4, -0.2) is 0 Å². The molecule has 0 N–H and O–H groups in total. The monoisotopic (exact) mass is 378 g/mol. The molecule has 1 nitrogen and oxygen atoms in total. The Hall–Kier alpha value is -3.16. The quantitative estimate of drug-likeness (QED) is 0.311. The van der Waals surface area contributed by atoms with Gasteiger partial charge in [0.25, 0.3) is 0 Å². The number of quaternary nitrogens is 1. The third kappa shape index (κ3) is 3.87. The van der Waals surface area contributed by atoms with Crippen LogP contribution < -0.4 is 4.48 Å².